The van der Waals surface area contributed by atoms with Gasteiger partial charge in [-0.15, -0.1) is 11.3 Å². The molecule has 27 heavy (non-hydrogen) atoms. The van der Waals surface area contributed by atoms with Gasteiger partial charge in [0.25, 0.3) is 15.9 Å². The molecule has 6 nitrogen and oxygen atoms in total. The van der Waals surface area contributed by atoms with Crippen LogP contribution in [0.4, 0.5) is 5.69 Å². The molecular formula is C18H14BrN3O3S2. The average Bonchev–Trinajstić information content (AvgIpc) is 3.18. The van der Waals surface area contributed by atoms with E-state index in [1.54, 1.807) is 11.4 Å². The molecule has 0 aliphatic rings. The number of hydrogen-bond donors (Lipinski definition) is 2. The molecule has 0 saturated heterocycles. The minimum atomic E-state index is -3.61. The second kappa shape index (κ2) is 8.47. The van der Waals surface area contributed by atoms with Crippen LogP contribution in [-0.4, -0.2) is 20.5 Å². The van der Waals surface area contributed by atoms with Crippen LogP contribution >= 0.6 is 27.3 Å². The van der Waals surface area contributed by atoms with Crippen molar-refractivity contribution in [1.29, 1.82) is 0 Å². The Morgan fingerprint density at radius 1 is 1.07 bits per heavy atom. The molecular weight excluding hydrogens is 450 g/mol. The van der Waals surface area contributed by atoms with Crippen LogP contribution in [0.1, 0.15) is 15.9 Å². The predicted octanol–water partition coefficient (Wildman–Crippen LogP) is 4.08. The van der Waals surface area contributed by atoms with Gasteiger partial charge in [-0.25, -0.2) is 13.8 Å². The smallest absolute Gasteiger partial charge is 0.271 e. The summed E-state index contributed by atoms with van der Waals surface area (Å²) in [4.78, 5) is 12.1. The normalized spacial score (nSPS) is 11.4. The number of thiophene rings is 1. The highest BCUT2D eigenvalue weighted by molar-refractivity contribution is 9.10. The van der Waals surface area contributed by atoms with E-state index in [9.17, 15) is 13.2 Å². The fraction of sp³-hybridized carbons (Fsp3) is 0. The number of anilines is 1. The number of hydrogen-bond acceptors (Lipinski definition) is 5. The molecule has 1 amide bonds. The maximum absolute atomic E-state index is 12.2. The van der Waals surface area contributed by atoms with E-state index in [4.69, 9.17) is 0 Å². The van der Waals surface area contributed by atoms with Gasteiger partial charge in [0.05, 0.1) is 6.21 Å². The van der Waals surface area contributed by atoms with Gasteiger partial charge in [-0.1, -0.05) is 34.1 Å². The molecule has 3 aromatic rings. The lowest BCUT2D eigenvalue weighted by Crippen LogP contribution is -2.17. The van der Waals surface area contributed by atoms with Crippen molar-refractivity contribution in [1.82, 2.24) is 5.43 Å². The largest absolute Gasteiger partial charge is 0.279 e. The standard InChI is InChI=1S/C18H14BrN3O3S2/c19-15-4-1-3-13(11-15)12-20-21-18(23)14-6-8-16(9-7-14)22-27(24,25)17-5-2-10-26-17/h1-12,22H,(H,21,23)/b20-12-. The van der Waals surface area contributed by atoms with Crippen LogP contribution < -0.4 is 10.1 Å². The van der Waals surface area contributed by atoms with Gasteiger partial charge < -0.3 is 0 Å². The molecule has 0 fully saturated rings. The topological polar surface area (TPSA) is 87.6 Å². The van der Waals surface area contributed by atoms with E-state index in [0.717, 1.165) is 21.4 Å². The van der Waals surface area contributed by atoms with Gasteiger partial charge in [0.15, 0.2) is 0 Å². The Kier molecular flexibility index (Phi) is 6.04. The lowest BCUT2D eigenvalue weighted by Gasteiger charge is -2.07. The quantitative estimate of drug-likeness (QED) is 0.426. The van der Waals surface area contributed by atoms with Crippen LogP contribution in [0.5, 0.6) is 0 Å². The Hall–Kier alpha value is -2.49. The maximum atomic E-state index is 12.2. The van der Waals surface area contributed by atoms with Crippen molar-refractivity contribution in [2.24, 2.45) is 5.10 Å². The molecule has 138 valence electrons. The lowest BCUT2D eigenvalue weighted by molar-refractivity contribution is 0.0955. The predicted molar refractivity (Wildman–Crippen MR) is 111 cm³/mol. The van der Waals surface area contributed by atoms with Crippen LogP contribution in [0, 0.1) is 0 Å². The van der Waals surface area contributed by atoms with Crippen molar-refractivity contribution < 1.29 is 13.2 Å². The summed E-state index contributed by atoms with van der Waals surface area (Å²) >= 11 is 4.49. The molecule has 0 saturated carbocycles. The molecule has 0 aliphatic heterocycles. The molecule has 1 aromatic heterocycles. The second-order valence-corrected chi connectivity index (χ2v) is 9.14. The first-order chi connectivity index (χ1) is 12.9. The number of halogens is 1. The molecule has 0 aliphatic carbocycles. The first kappa shape index (κ1) is 19.3. The highest BCUT2D eigenvalue weighted by atomic mass is 79.9. The van der Waals surface area contributed by atoms with Crippen LogP contribution in [0.2, 0.25) is 0 Å². The number of sulfonamides is 1. The van der Waals surface area contributed by atoms with Crippen molar-refractivity contribution in [3.8, 4) is 0 Å². The summed E-state index contributed by atoms with van der Waals surface area (Å²) in [5, 5.41) is 5.61. The van der Waals surface area contributed by atoms with E-state index in [-0.39, 0.29) is 4.21 Å². The van der Waals surface area contributed by atoms with Crippen LogP contribution in [0.25, 0.3) is 0 Å². The molecule has 2 N–H and O–H groups in total. The first-order valence-electron chi connectivity index (χ1n) is 7.69. The van der Waals surface area contributed by atoms with Gasteiger partial charge in [-0.05, 0) is 53.4 Å². The number of nitrogens with zero attached hydrogens (tertiary/aromatic N) is 1. The van der Waals surface area contributed by atoms with Crippen LogP contribution in [-0.2, 0) is 10.0 Å². The van der Waals surface area contributed by atoms with E-state index in [0.29, 0.717) is 11.3 Å². The number of rotatable bonds is 6. The molecule has 1 heterocycles. The van der Waals surface area contributed by atoms with E-state index in [1.165, 1.54) is 36.5 Å². The Morgan fingerprint density at radius 3 is 2.52 bits per heavy atom. The molecule has 0 unspecified atom stereocenters. The summed E-state index contributed by atoms with van der Waals surface area (Å²) in [5.41, 5.74) is 4.01. The van der Waals surface area contributed by atoms with Crippen molar-refractivity contribution in [3.63, 3.8) is 0 Å². The molecule has 0 spiro atoms. The Balaban J connectivity index is 1.62. The number of amides is 1. The summed E-state index contributed by atoms with van der Waals surface area (Å²) in [6.07, 6.45) is 1.53. The molecule has 2 aromatic carbocycles. The maximum Gasteiger partial charge on any atom is 0.271 e. The Labute approximate surface area is 169 Å². The van der Waals surface area contributed by atoms with E-state index < -0.39 is 15.9 Å². The van der Waals surface area contributed by atoms with Gasteiger partial charge in [-0.2, -0.15) is 5.10 Å². The molecule has 0 atom stereocenters. The van der Waals surface area contributed by atoms with Crippen molar-refractivity contribution in [3.05, 3.63) is 81.6 Å². The van der Waals surface area contributed by atoms with E-state index in [2.05, 4.69) is 31.2 Å². The van der Waals surface area contributed by atoms with E-state index >= 15 is 0 Å². The lowest BCUT2D eigenvalue weighted by atomic mass is 10.2. The van der Waals surface area contributed by atoms with Gasteiger partial charge >= 0.3 is 0 Å². The molecule has 0 bridgehead atoms. The third-order valence-corrected chi connectivity index (χ3v) is 6.66. The zero-order chi connectivity index (χ0) is 19.3. The number of benzene rings is 2. The van der Waals surface area contributed by atoms with Crippen molar-refractivity contribution in [2.75, 3.05) is 4.72 Å². The highest BCUT2D eigenvalue weighted by Crippen LogP contribution is 2.20. The van der Waals surface area contributed by atoms with Crippen molar-refractivity contribution >= 4 is 55.1 Å². The molecule has 3 rings (SSSR count). The van der Waals surface area contributed by atoms with Gasteiger partial charge in [0.1, 0.15) is 4.21 Å². The zero-order valence-electron chi connectivity index (χ0n) is 13.8. The number of nitrogens with one attached hydrogen (secondary N) is 2. The molecule has 9 heteroatoms. The summed E-state index contributed by atoms with van der Waals surface area (Å²) in [6, 6.07) is 16.8. The minimum Gasteiger partial charge on any atom is -0.279 e. The summed E-state index contributed by atoms with van der Waals surface area (Å²) < 4.78 is 28.0. The molecule has 0 radical (unpaired) electrons. The van der Waals surface area contributed by atoms with Crippen LogP contribution in [0.3, 0.4) is 0 Å². The van der Waals surface area contributed by atoms with Crippen molar-refractivity contribution in [2.45, 2.75) is 4.21 Å². The third-order valence-electron chi connectivity index (χ3n) is 3.39. The summed E-state index contributed by atoms with van der Waals surface area (Å²) in [6.45, 7) is 0. The average molecular weight is 464 g/mol. The first-order valence-corrected chi connectivity index (χ1v) is 10.8. The van der Waals surface area contributed by atoms with E-state index in [1.807, 2.05) is 24.3 Å². The number of hydrazone groups is 1. The van der Waals surface area contributed by atoms with Gasteiger partial charge in [0, 0.05) is 15.7 Å². The fourth-order valence-electron chi connectivity index (χ4n) is 2.13. The summed E-state index contributed by atoms with van der Waals surface area (Å²) in [5.74, 6) is -0.395. The second-order valence-electron chi connectivity index (χ2n) is 5.37. The minimum absolute atomic E-state index is 0.228. The SMILES string of the molecule is O=C(N/N=C\c1cccc(Br)c1)c1ccc(NS(=O)(=O)c2cccs2)cc1. The van der Waals surface area contributed by atoms with Gasteiger partial charge in [0.2, 0.25) is 0 Å². The van der Waals surface area contributed by atoms with Crippen LogP contribution in [0.15, 0.2) is 79.8 Å². The zero-order valence-corrected chi connectivity index (χ0v) is 17.0. The monoisotopic (exact) mass is 463 g/mol. The van der Waals surface area contributed by atoms with Gasteiger partial charge in [-0.3, -0.25) is 9.52 Å². The number of carbonyl (C=O) groups excluding carboxylic acids is 1. The highest BCUT2D eigenvalue weighted by Gasteiger charge is 2.15. The number of carbonyl (C=O) groups is 1. The Morgan fingerprint density at radius 2 is 1.85 bits per heavy atom. The Bertz CT molecular complexity index is 1060. The summed E-state index contributed by atoms with van der Waals surface area (Å²) in [7, 11) is -3.61. The third kappa shape index (κ3) is 5.25. The fourth-order valence-corrected chi connectivity index (χ4v) is 4.60.